The fourth-order valence-electron chi connectivity index (χ4n) is 5.23. The monoisotopic (exact) mass is 407 g/mol. The molecule has 2 bridgehead atoms. The summed E-state index contributed by atoms with van der Waals surface area (Å²) >= 11 is 6.21. The van der Waals surface area contributed by atoms with Crippen molar-refractivity contribution in [3.63, 3.8) is 0 Å². The van der Waals surface area contributed by atoms with Gasteiger partial charge < -0.3 is 4.57 Å². The number of hydrazone groups is 1. The Bertz CT molecular complexity index is 1080. The second-order valence-corrected chi connectivity index (χ2v) is 8.76. The number of fused-ring (bicyclic) bond motifs is 5. The van der Waals surface area contributed by atoms with Gasteiger partial charge in [-0.2, -0.15) is 10.1 Å². The number of carbonyl (C=O) groups excluding carboxylic acids is 2. The maximum absolute atomic E-state index is 12.8. The van der Waals surface area contributed by atoms with E-state index in [0.717, 1.165) is 39.6 Å². The Balaban J connectivity index is 1.46. The molecule has 0 radical (unpaired) electrons. The molecule has 0 N–H and O–H groups in total. The van der Waals surface area contributed by atoms with Gasteiger partial charge in [0.05, 0.1) is 18.1 Å². The smallest absolute Gasteiger partial charge is 0.254 e. The van der Waals surface area contributed by atoms with E-state index in [9.17, 15) is 9.59 Å². The molecule has 5 nitrogen and oxygen atoms in total. The Hall–Kier alpha value is -2.66. The lowest BCUT2D eigenvalue weighted by molar-refractivity contribution is -0.140. The number of allylic oxidation sites excluding steroid dienone is 2. The van der Waals surface area contributed by atoms with E-state index in [1.165, 1.54) is 0 Å². The van der Waals surface area contributed by atoms with Crippen molar-refractivity contribution < 1.29 is 9.59 Å². The summed E-state index contributed by atoms with van der Waals surface area (Å²) in [6, 6.07) is 7.82. The van der Waals surface area contributed by atoms with Gasteiger partial charge in [0.25, 0.3) is 11.8 Å². The summed E-state index contributed by atoms with van der Waals surface area (Å²) in [7, 11) is 0. The number of imide groups is 1. The number of aryl methyl sites for hydroxylation is 2. The van der Waals surface area contributed by atoms with Crippen molar-refractivity contribution in [2.75, 3.05) is 0 Å². The van der Waals surface area contributed by atoms with Gasteiger partial charge in [-0.3, -0.25) is 9.59 Å². The van der Waals surface area contributed by atoms with Crippen molar-refractivity contribution in [2.24, 2.45) is 28.8 Å². The van der Waals surface area contributed by atoms with Crippen molar-refractivity contribution in [1.29, 1.82) is 0 Å². The molecule has 1 aromatic heterocycles. The summed E-state index contributed by atoms with van der Waals surface area (Å²) in [5.74, 6) is -0.386. The van der Waals surface area contributed by atoms with Gasteiger partial charge in [-0.1, -0.05) is 29.8 Å². The van der Waals surface area contributed by atoms with Crippen LogP contribution in [0.5, 0.6) is 0 Å². The zero-order valence-corrected chi connectivity index (χ0v) is 17.3. The van der Waals surface area contributed by atoms with Crippen LogP contribution in [0.2, 0.25) is 5.02 Å². The third-order valence-corrected chi connectivity index (χ3v) is 6.88. The first kappa shape index (κ1) is 18.4. The number of aromatic nitrogens is 1. The third-order valence-electron chi connectivity index (χ3n) is 6.64. The van der Waals surface area contributed by atoms with E-state index in [-0.39, 0.29) is 35.5 Å². The molecule has 1 aliphatic heterocycles. The van der Waals surface area contributed by atoms with E-state index in [2.05, 4.69) is 21.8 Å². The minimum absolute atomic E-state index is 0.160. The average molecular weight is 408 g/mol. The van der Waals surface area contributed by atoms with E-state index in [4.69, 9.17) is 11.6 Å². The highest BCUT2D eigenvalue weighted by Crippen LogP contribution is 2.52. The Morgan fingerprint density at radius 1 is 1.03 bits per heavy atom. The molecule has 1 saturated carbocycles. The SMILES string of the molecule is Cc1ccc(Cl)cc1-n1c(C)cc(C=NN2C(=O)C3C4C=CC(C4)C3C2=O)c1C. The maximum atomic E-state index is 12.8. The first-order valence-corrected chi connectivity index (χ1v) is 10.3. The molecule has 2 fully saturated rings. The molecule has 2 heterocycles. The highest BCUT2D eigenvalue weighted by atomic mass is 35.5. The van der Waals surface area contributed by atoms with E-state index in [0.29, 0.717) is 5.02 Å². The Labute approximate surface area is 174 Å². The van der Waals surface area contributed by atoms with Crippen LogP contribution >= 0.6 is 11.6 Å². The van der Waals surface area contributed by atoms with Crippen LogP contribution in [0.1, 0.15) is 28.9 Å². The molecule has 2 amide bonds. The van der Waals surface area contributed by atoms with Crippen LogP contribution in [0.25, 0.3) is 5.69 Å². The van der Waals surface area contributed by atoms with Crippen molar-refractivity contribution in [3.05, 3.63) is 64.0 Å². The Kier molecular flexibility index (Phi) is 4.07. The Morgan fingerprint density at radius 2 is 1.69 bits per heavy atom. The van der Waals surface area contributed by atoms with Crippen molar-refractivity contribution in [3.8, 4) is 5.69 Å². The quantitative estimate of drug-likeness (QED) is 0.435. The zero-order valence-electron chi connectivity index (χ0n) is 16.6. The molecule has 0 spiro atoms. The lowest BCUT2D eigenvalue weighted by Crippen LogP contribution is -2.28. The largest absolute Gasteiger partial charge is 0.318 e. The molecule has 5 rings (SSSR count). The van der Waals surface area contributed by atoms with Crippen LogP contribution in [0, 0.1) is 44.4 Å². The third kappa shape index (κ3) is 2.64. The highest BCUT2D eigenvalue weighted by Gasteiger charge is 2.59. The fraction of sp³-hybridized carbons (Fsp3) is 0.348. The van der Waals surface area contributed by atoms with Gasteiger partial charge >= 0.3 is 0 Å². The summed E-state index contributed by atoms with van der Waals surface area (Å²) in [4.78, 5) is 25.6. The lowest BCUT2D eigenvalue weighted by Gasteiger charge is -2.13. The van der Waals surface area contributed by atoms with Crippen molar-refractivity contribution in [2.45, 2.75) is 27.2 Å². The summed E-state index contributed by atoms with van der Waals surface area (Å²) < 4.78 is 2.12. The first-order chi connectivity index (χ1) is 13.9. The number of halogens is 1. The van der Waals surface area contributed by atoms with E-state index in [1.54, 1.807) is 6.21 Å². The van der Waals surface area contributed by atoms with Crippen LogP contribution in [0.15, 0.2) is 41.5 Å². The number of amides is 2. The standard InChI is InChI=1S/C23H22ClN3O2/c1-12-4-7-18(24)10-19(12)26-13(2)8-17(14(26)3)11-25-27-22(28)20-15-5-6-16(9-15)21(20)23(27)29/h4-8,10-11,15-16,20-21H,9H2,1-3H3. The molecule has 4 unspecified atom stereocenters. The lowest BCUT2D eigenvalue weighted by atomic mass is 9.85. The maximum Gasteiger partial charge on any atom is 0.254 e. The van der Waals surface area contributed by atoms with Crippen molar-refractivity contribution in [1.82, 2.24) is 9.58 Å². The van der Waals surface area contributed by atoms with E-state index < -0.39 is 0 Å². The Morgan fingerprint density at radius 3 is 2.34 bits per heavy atom. The second-order valence-electron chi connectivity index (χ2n) is 8.33. The van der Waals surface area contributed by atoms with Gasteiger partial charge in [0, 0.05) is 27.7 Å². The van der Waals surface area contributed by atoms with E-state index in [1.807, 2.05) is 45.0 Å². The number of hydrogen-bond acceptors (Lipinski definition) is 3. The molecule has 148 valence electrons. The molecule has 2 aliphatic carbocycles. The summed E-state index contributed by atoms with van der Waals surface area (Å²) in [5.41, 5.74) is 5.02. The minimum atomic E-state index is -0.226. The van der Waals surface area contributed by atoms with Crippen LogP contribution in [-0.4, -0.2) is 27.6 Å². The number of carbonyl (C=O) groups is 2. The number of hydrogen-bond donors (Lipinski definition) is 0. The van der Waals surface area contributed by atoms with Crippen LogP contribution in [0.4, 0.5) is 0 Å². The highest BCUT2D eigenvalue weighted by molar-refractivity contribution is 6.30. The molecule has 29 heavy (non-hydrogen) atoms. The number of benzene rings is 1. The minimum Gasteiger partial charge on any atom is -0.318 e. The van der Waals surface area contributed by atoms with Gasteiger partial charge in [-0.15, -0.1) is 0 Å². The number of nitrogens with zero attached hydrogens (tertiary/aromatic N) is 3. The molecule has 3 aliphatic rings. The van der Waals surface area contributed by atoms with Gasteiger partial charge in [0.2, 0.25) is 0 Å². The van der Waals surface area contributed by atoms with Gasteiger partial charge in [0.15, 0.2) is 0 Å². The predicted molar refractivity (Wildman–Crippen MR) is 112 cm³/mol. The number of rotatable bonds is 3. The topological polar surface area (TPSA) is 54.7 Å². The molecule has 1 saturated heterocycles. The molecular formula is C23H22ClN3O2. The zero-order chi connectivity index (χ0) is 20.4. The van der Waals surface area contributed by atoms with Gasteiger partial charge in [-0.25, -0.2) is 0 Å². The van der Waals surface area contributed by atoms with Gasteiger partial charge in [0.1, 0.15) is 0 Å². The molecular weight excluding hydrogens is 386 g/mol. The van der Waals surface area contributed by atoms with E-state index >= 15 is 0 Å². The molecule has 2 aromatic rings. The predicted octanol–water partition coefficient (Wildman–Crippen LogP) is 4.20. The van der Waals surface area contributed by atoms with Crippen LogP contribution in [0.3, 0.4) is 0 Å². The second kappa shape index (κ2) is 6.42. The fourth-order valence-corrected chi connectivity index (χ4v) is 5.40. The summed E-state index contributed by atoms with van der Waals surface area (Å²) in [6.07, 6.45) is 6.73. The van der Waals surface area contributed by atoms with Crippen LogP contribution < -0.4 is 0 Å². The van der Waals surface area contributed by atoms with Gasteiger partial charge in [-0.05, 0) is 62.8 Å². The molecule has 1 aromatic carbocycles. The molecule has 4 atom stereocenters. The van der Waals surface area contributed by atoms with Crippen LogP contribution in [-0.2, 0) is 9.59 Å². The van der Waals surface area contributed by atoms with Crippen molar-refractivity contribution >= 4 is 29.6 Å². The first-order valence-electron chi connectivity index (χ1n) is 9.92. The summed E-state index contributed by atoms with van der Waals surface area (Å²) in [5, 5.41) is 6.10. The summed E-state index contributed by atoms with van der Waals surface area (Å²) in [6.45, 7) is 6.06. The molecule has 6 heteroatoms. The normalized spacial score (nSPS) is 27.7. The average Bonchev–Trinajstić information content (AvgIpc) is 3.41.